The second-order valence-corrected chi connectivity index (χ2v) is 6.44. The summed E-state index contributed by atoms with van der Waals surface area (Å²) in [6, 6.07) is 17.6. The maximum absolute atomic E-state index is 12.3. The summed E-state index contributed by atoms with van der Waals surface area (Å²) in [5.41, 5.74) is 2.96. The first-order valence-electron chi connectivity index (χ1n) is 7.90. The fourth-order valence-corrected chi connectivity index (χ4v) is 3.41. The van der Waals surface area contributed by atoms with Crippen molar-refractivity contribution in [1.29, 1.82) is 0 Å². The number of aromatic nitrogens is 3. The normalized spacial score (nSPS) is 10.8. The molecule has 0 fully saturated rings. The van der Waals surface area contributed by atoms with Crippen LogP contribution in [0.1, 0.15) is 22.8 Å². The lowest BCUT2D eigenvalue weighted by atomic mass is 10.1. The number of thioether (sulfide) groups is 1. The predicted octanol–water partition coefficient (Wildman–Crippen LogP) is 4.25. The highest BCUT2D eigenvalue weighted by Crippen LogP contribution is 2.25. The van der Waals surface area contributed by atoms with Crippen LogP contribution in [-0.4, -0.2) is 26.3 Å². The van der Waals surface area contributed by atoms with Crippen molar-refractivity contribution in [3.63, 3.8) is 0 Å². The molecule has 0 bridgehead atoms. The Morgan fingerprint density at radius 1 is 1.08 bits per heavy atom. The Morgan fingerprint density at radius 3 is 2.58 bits per heavy atom. The van der Waals surface area contributed by atoms with Gasteiger partial charge >= 0.3 is 0 Å². The molecule has 0 spiro atoms. The number of aryl methyl sites for hydroxylation is 1. The molecular formula is C19H19N3OS. The van der Waals surface area contributed by atoms with Crippen molar-refractivity contribution in [1.82, 2.24) is 14.8 Å². The Labute approximate surface area is 145 Å². The van der Waals surface area contributed by atoms with Crippen molar-refractivity contribution in [2.75, 3.05) is 5.75 Å². The van der Waals surface area contributed by atoms with E-state index in [1.807, 2.05) is 42.5 Å². The van der Waals surface area contributed by atoms with Gasteiger partial charge in [-0.3, -0.25) is 4.79 Å². The third-order valence-corrected chi connectivity index (χ3v) is 4.70. The van der Waals surface area contributed by atoms with Crippen molar-refractivity contribution >= 4 is 17.5 Å². The topological polar surface area (TPSA) is 47.8 Å². The number of hydrogen-bond donors (Lipinski definition) is 0. The molecule has 0 radical (unpaired) electrons. The van der Waals surface area contributed by atoms with E-state index < -0.39 is 0 Å². The molecule has 0 aliphatic carbocycles. The van der Waals surface area contributed by atoms with Crippen LogP contribution in [0.15, 0.2) is 59.8 Å². The zero-order chi connectivity index (χ0) is 16.9. The SMILES string of the molecule is CCn1c(SCC(=O)c2ccccc2)nnc1-c1cccc(C)c1. The highest BCUT2D eigenvalue weighted by molar-refractivity contribution is 7.99. The molecule has 0 N–H and O–H groups in total. The summed E-state index contributed by atoms with van der Waals surface area (Å²) in [6.07, 6.45) is 0. The monoisotopic (exact) mass is 337 g/mol. The maximum Gasteiger partial charge on any atom is 0.191 e. The van der Waals surface area contributed by atoms with E-state index in [1.165, 1.54) is 17.3 Å². The minimum Gasteiger partial charge on any atom is -0.302 e. The number of carbonyl (C=O) groups is 1. The Kier molecular flexibility index (Phi) is 5.11. The van der Waals surface area contributed by atoms with Crippen LogP contribution in [0, 0.1) is 6.92 Å². The molecule has 5 heteroatoms. The number of rotatable bonds is 6. The molecule has 4 nitrogen and oxygen atoms in total. The van der Waals surface area contributed by atoms with Crippen LogP contribution in [0.4, 0.5) is 0 Å². The molecule has 1 heterocycles. The summed E-state index contributed by atoms with van der Waals surface area (Å²) in [6.45, 7) is 4.88. The summed E-state index contributed by atoms with van der Waals surface area (Å²) >= 11 is 1.43. The van der Waals surface area contributed by atoms with Crippen LogP contribution in [0.3, 0.4) is 0 Å². The maximum atomic E-state index is 12.3. The summed E-state index contributed by atoms with van der Waals surface area (Å²) < 4.78 is 2.05. The van der Waals surface area contributed by atoms with Crippen LogP contribution in [0.5, 0.6) is 0 Å². The van der Waals surface area contributed by atoms with Crippen molar-refractivity contribution in [2.24, 2.45) is 0 Å². The molecule has 0 unspecified atom stereocenters. The van der Waals surface area contributed by atoms with Crippen molar-refractivity contribution in [3.8, 4) is 11.4 Å². The minimum absolute atomic E-state index is 0.100. The standard InChI is InChI=1S/C19H19N3OS/c1-3-22-18(16-11-7-8-14(2)12-16)20-21-19(22)24-13-17(23)15-9-5-4-6-10-15/h4-12H,3,13H2,1-2H3. The third-order valence-electron chi connectivity index (χ3n) is 3.74. The average Bonchev–Trinajstić information content (AvgIpc) is 3.03. The van der Waals surface area contributed by atoms with E-state index in [2.05, 4.69) is 40.7 Å². The number of ketones is 1. The zero-order valence-electron chi connectivity index (χ0n) is 13.8. The minimum atomic E-state index is 0.100. The van der Waals surface area contributed by atoms with Gasteiger partial charge in [0.2, 0.25) is 0 Å². The molecule has 3 aromatic rings. The molecule has 3 rings (SSSR count). The quantitative estimate of drug-likeness (QED) is 0.498. The van der Waals surface area contributed by atoms with Gasteiger partial charge in [-0.15, -0.1) is 10.2 Å². The lowest BCUT2D eigenvalue weighted by molar-refractivity contribution is 0.102. The van der Waals surface area contributed by atoms with Crippen LogP contribution in [0.25, 0.3) is 11.4 Å². The van der Waals surface area contributed by atoms with Gasteiger partial charge in [0, 0.05) is 17.7 Å². The number of Topliss-reactive ketones (excluding diaryl/α,β-unsaturated/α-hetero) is 1. The Balaban J connectivity index is 1.79. The van der Waals surface area contributed by atoms with E-state index in [0.29, 0.717) is 5.75 Å². The highest BCUT2D eigenvalue weighted by Gasteiger charge is 2.15. The van der Waals surface area contributed by atoms with Gasteiger partial charge < -0.3 is 4.57 Å². The summed E-state index contributed by atoms with van der Waals surface area (Å²) in [4.78, 5) is 12.3. The molecule has 0 saturated carbocycles. The van der Waals surface area contributed by atoms with Gasteiger partial charge in [0.1, 0.15) is 0 Å². The van der Waals surface area contributed by atoms with E-state index in [1.54, 1.807) is 0 Å². The lowest BCUT2D eigenvalue weighted by Crippen LogP contribution is -2.05. The van der Waals surface area contributed by atoms with Crippen molar-refractivity contribution in [2.45, 2.75) is 25.5 Å². The van der Waals surface area contributed by atoms with Crippen molar-refractivity contribution in [3.05, 3.63) is 65.7 Å². The fraction of sp³-hybridized carbons (Fsp3) is 0.211. The van der Waals surface area contributed by atoms with Gasteiger partial charge in [0.25, 0.3) is 0 Å². The third kappa shape index (κ3) is 3.57. The van der Waals surface area contributed by atoms with E-state index in [0.717, 1.165) is 28.7 Å². The number of nitrogens with zero attached hydrogens (tertiary/aromatic N) is 3. The molecule has 0 saturated heterocycles. The first-order valence-corrected chi connectivity index (χ1v) is 8.89. The van der Waals surface area contributed by atoms with Gasteiger partial charge in [-0.1, -0.05) is 65.9 Å². The molecule has 24 heavy (non-hydrogen) atoms. The highest BCUT2D eigenvalue weighted by atomic mass is 32.2. The molecule has 0 aliphatic rings. The molecule has 2 aromatic carbocycles. The first-order chi connectivity index (χ1) is 11.7. The molecule has 0 aliphatic heterocycles. The van der Waals surface area contributed by atoms with E-state index in [4.69, 9.17) is 0 Å². The van der Waals surface area contributed by atoms with Crippen LogP contribution in [0.2, 0.25) is 0 Å². The molecular weight excluding hydrogens is 318 g/mol. The summed E-state index contributed by atoms with van der Waals surface area (Å²) in [7, 11) is 0. The van der Waals surface area contributed by atoms with E-state index >= 15 is 0 Å². The number of carbonyl (C=O) groups excluding carboxylic acids is 1. The van der Waals surface area contributed by atoms with E-state index in [9.17, 15) is 4.79 Å². The average molecular weight is 337 g/mol. The van der Waals surface area contributed by atoms with Crippen LogP contribution >= 0.6 is 11.8 Å². The fourth-order valence-electron chi connectivity index (χ4n) is 2.52. The largest absolute Gasteiger partial charge is 0.302 e. The summed E-state index contributed by atoms with van der Waals surface area (Å²) in [5, 5.41) is 9.39. The second kappa shape index (κ2) is 7.45. The van der Waals surface area contributed by atoms with Crippen LogP contribution in [-0.2, 0) is 6.54 Å². The van der Waals surface area contributed by atoms with E-state index in [-0.39, 0.29) is 5.78 Å². The van der Waals surface area contributed by atoms with Crippen molar-refractivity contribution < 1.29 is 4.79 Å². The summed E-state index contributed by atoms with van der Waals surface area (Å²) in [5.74, 6) is 1.30. The Bertz CT molecular complexity index is 843. The molecule has 0 amide bonds. The molecule has 1 aromatic heterocycles. The van der Waals surface area contributed by atoms with Gasteiger partial charge in [-0.2, -0.15) is 0 Å². The zero-order valence-corrected chi connectivity index (χ0v) is 14.6. The first kappa shape index (κ1) is 16.5. The number of benzene rings is 2. The Morgan fingerprint density at radius 2 is 1.88 bits per heavy atom. The molecule has 0 atom stereocenters. The van der Waals surface area contributed by atoms with Gasteiger partial charge in [0.15, 0.2) is 16.8 Å². The smallest absolute Gasteiger partial charge is 0.191 e. The van der Waals surface area contributed by atoms with Gasteiger partial charge in [-0.05, 0) is 19.9 Å². The Hall–Kier alpha value is -2.40. The second-order valence-electron chi connectivity index (χ2n) is 5.50. The molecule has 122 valence electrons. The lowest BCUT2D eigenvalue weighted by Gasteiger charge is -2.07. The van der Waals surface area contributed by atoms with Gasteiger partial charge in [-0.25, -0.2) is 0 Å². The number of hydrogen-bond acceptors (Lipinski definition) is 4. The van der Waals surface area contributed by atoms with Gasteiger partial charge in [0.05, 0.1) is 5.75 Å². The van der Waals surface area contributed by atoms with Crippen LogP contribution < -0.4 is 0 Å². The predicted molar refractivity (Wildman–Crippen MR) is 97.4 cm³/mol.